The summed E-state index contributed by atoms with van der Waals surface area (Å²) in [6.07, 6.45) is 2.73. The van der Waals surface area contributed by atoms with E-state index in [1.807, 2.05) is 19.9 Å². The predicted molar refractivity (Wildman–Crippen MR) is 87.1 cm³/mol. The van der Waals surface area contributed by atoms with Crippen LogP contribution in [0.4, 0.5) is 4.39 Å². The first-order valence-electron chi connectivity index (χ1n) is 7.68. The largest absolute Gasteiger partial charge is 0.461 e. The van der Waals surface area contributed by atoms with Crippen molar-refractivity contribution < 1.29 is 18.7 Å². The fraction of sp³-hybridized carbons (Fsp3) is 0.444. The van der Waals surface area contributed by atoms with Gasteiger partial charge in [0.15, 0.2) is 0 Å². The van der Waals surface area contributed by atoms with E-state index in [-0.39, 0.29) is 40.8 Å². The van der Waals surface area contributed by atoms with E-state index in [4.69, 9.17) is 4.74 Å². The van der Waals surface area contributed by atoms with Crippen LogP contribution in [-0.4, -0.2) is 16.8 Å². The molecule has 0 spiro atoms. The molecule has 1 aromatic carbocycles. The van der Waals surface area contributed by atoms with E-state index < -0.39 is 0 Å². The molecule has 1 saturated carbocycles. The lowest BCUT2D eigenvalue weighted by atomic mass is 10.1. The van der Waals surface area contributed by atoms with Crippen molar-refractivity contribution in [3.8, 4) is 0 Å². The van der Waals surface area contributed by atoms with Crippen molar-refractivity contribution in [1.29, 1.82) is 0 Å². The van der Waals surface area contributed by atoms with E-state index >= 15 is 0 Å². The molecule has 2 aliphatic rings. The first-order chi connectivity index (χ1) is 10.9. The van der Waals surface area contributed by atoms with Crippen LogP contribution in [0.2, 0.25) is 0 Å². The Balaban J connectivity index is 1.62. The van der Waals surface area contributed by atoms with Gasteiger partial charge in [0.25, 0.3) is 0 Å². The molecular formula is C18H19FO3S. The maximum atomic E-state index is 13.1. The molecule has 2 fully saturated rings. The molecule has 2 atom stereocenters. The van der Waals surface area contributed by atoms with Crippen molar-refractivity contribution in [2.45, 2.75) is 26.9 Å². The molecule has 3 rings (SSSR count). The molecular weight excluding hydrogens is 315 g/mol. The Morgan fingerprint density at radius 2 is 2.26 bits per heavy atom. The SMILES string of the molecule is CC1(C)[C@H](C(=O)OCc2cccc(F)c2)[C@@H]1/C=C1\CCSC1=O. The number of thioether (sulfide) groups is 1. The monoisotopic (exact) mass is 334 g/mol. The number of hydrogen-bond acceptors (Lipinski definition) is 4. The zero-order chi connectivity index (χ0) is 16.6. The lowest BCUT2D eigenvalue weighted by molar-refractivity contribution is -0.147. The second kappa shape index (κ2) is 6.11. The highest BCUT2D eigenvalue weighted by Gasteiger charge is 2.61. The maximum Gasteiger partial charge on any atom is 0.310 e. The minimum absolute atomic E-state index is 0.0418. The average molecular weight is 334 g/mol. The van der Waals surface area contributed by atoms with Crippen LogP contribution in [0.5, 0.6) is 0 Å². The molecule has 1 heterocycles. The van der Waals surface area contributed by atoms with Crippen LogP contribution in [0.25, 0.3) is 0 Å². The Kier molecular flexibility index (Phi) is 4.32. The van der Waals surface area contributed by atoms with Crippen molar-refractivity contribution in [3.63, 3.8) is 0 Å². The zero-order valence-electron chi connectivity index (χ0n) is 13.2. The van der Waals surface area contributed by atoms with Crippen LogP contribution in [0, 0.1) is 23.1 Å². The Bertz CT molecular complexity index is 681. The van der Waals surface area contributed by atoms with Gasteiger partial charge in [-0.3, -0.25) is 9.59 Å². The molecule has 0 amide bonds. The van der Waals surface area contributed by atoms with E-state index in [0.29, 0.717) is 5.56 Å². The smallest absolute Gasteiger partial charge is 0.310 e. The molecule has 1 aliphatic heterocycles. The summed E-state index contributed by atoms with van der Waals surface area (Å²) in [5, 5.41) is 0.125. The standard InChI is InChI=1S/C18H19FO3S/c1-18(2)14(9-12-6-7-23-17(12)21)15(18)16(20)22-10-11-4-3-5-13(19)8-11/h3-5,8-9,14-15H,6-7,10H2,1-2H3/b12-9+/t14-,15-/m0/s1. The Morgan fingerprint density at radius 1 is 1.48 bits per heavy atom. The predicted octanol–water partition coefficient (Wildman–Crippen LogP) is 3.73. The summed E-state index contributed by atoms with van der Waals surface area (Å²) >= 11 is 1.33. The van der Waals surface area contributed by atoms with E-state index in [2.05, 4.69) is 0 Å². The molecule has 23 heavy (non-hydrogen) atoms. The Hall–Kier alpha value is -1.62. The summed E-state index contributed by atoms with van der Waals surface area (Å²) in [7, 11) is 0. The molecule has 1 aromatic rings. The number of ether oxygens (including phenoxy) is 1. The summed E-state index contributed by atoms with van der Waals surface area (Å²) < 4.78 is 18.5. The highest BCUT2D eigenvalue weighted by molar-refractivity contribution is 8.14. The topological polar surface area (TPSA) is 43.4 Å². The molecule has 0 unspecified atom stereocenters. The van der Waals surface area contributed by atoms with E-state index in [1.54, 1.807) is 12.1 Å². The zero-order valence-corrected chi connectivity index (χ0v) is 14.0. The van der Waals surface area contributed by atoms with Crippen LogP contribution < -0.4 is 0 Å². The molecule has 0 N–H and O–H groups in total. The van der Waals surface area contributed by atoms with E-state index in [9.17, 15) is 14.0 Å². The van der Waals surface area contributed by atoms with Crippen LogP contribution in [0.1, 0.15) is 25.8 Å². The molecule has 0 bridgehead atoms. The van der Waals surface area contributed by atoms with Crippen molar-refractivity contribution in [1.82, 2.24) is 0 Å². The van der Waals surface area contributed by atoms with Crippen molar-refractivity contribution in [2.24, 2.45) is 17.3 Å². The lowest BCUT2D eigenvalue weighted by Crippen LogP contribution is -2.10. The number of carbonyl (C=O) groups is 2. The van der Waals surface area contributed by atoms with E-state index in [1.165, 1.54) is 23.9 Å². The molecule has 5 heteroatoms. The highest BCUT2D eigenvalue weighted by atomic mass is 32.2. The number of allylic oxidation sites excluding steroid dienone is 1. The third kappa shape index (κ3) is 3.34. The molecule has 1 saturated heterocycles. The van der Waals surface area contributed by atoms with Crippen molar-refractivity contribution >= 4 is 22.8 Å². The Morgan fingerprint density at radius 3 is 2.91 bits per heavy atom. The molecule has 0 aromatic heterocycles. The number of hydrogen-bond donors (Lipinski definition) is 0. The number of halogens is 1. The number of rotatable bonds is 4. The van der Waals surface area contributed by atoms with Gasteiger partial charge in [0.1, 0.15) is 12.4 Å². The fourth-order valence-corrected chi connectivity index (χ4v) is 3.99. The second-order valence-corrected chi connectivity index (χ2v) is 7.71. The van der Waals surface area contributed by atoms with Gasteiger partial charge < -0.3 is 4.74 Å². The maximum absolute atomic E-state index is 13.1. The normalized spacial score (nSPS) is 27.3. The highest BCUT2D eigenvalue weighted by Crippen LogP contribution is 2.60. The summed E-state index contributed by atoms with van der Waals surface area (Å²) in [5.41, 5.74) is 1.27. The Labute approximate surface area is 139 Å². The summed E-state index contributed by atoms with van der Waals surface area (Å²) in [4.78, 5) is 24.0. The van der Waals surface area contributed by atoms with Gasteiger partial charge in [-0.2, -0.15) is 0 Å². The first kappa shape index (κ1) is 16.2. The quantitative estimate of drug-likeness (QED) is 0.621. The molecule has 1 aliphatic carbocycles. The van der Waals surface area contributed by atoms with Gasteiger partial charge in [-0.05, 0) is 35.4 Å². The second-order valence-electron chi connectivity index (χ2n) is 6.64. The minimum Gasteiger partial charge on any atom is -0.461 e. The van der Waals surface area contributed by atoms with Gasteiger partial charge in [-0.15, -0.1) is 0 Å². The van der Waals surface area contributed by atoms with Gasteiger partial charge in [-0.25, -0.2) is 4.39 Å². The number of esters is 1. The molecule has 122 valence electrons. The van der Waals surface area contributed by atoms with Crippen LogP contribution in [0.3, 0.4) is 0 Å². The van der Waals surface area contributed by atoms with Gasteiger partial charge in [0, 0.05) is 11.3 Å². The average Bonchev–Trinajstić information content (AvgIpc) is 2.81. The summed E-state index contributed by atoms with van der Waals surface area (Å²) in [6.45, 7) is 4.09. The third-order valence-corrected chi connectivity index (χ3v) is 5.61. The first-order valence-corrected chi connectivity index (χ1v) is 8.67. The van der Waals surface area contributed by atoms with Gasteiger partial charge in [-0.1, -0.05) is 43.8 Å². The van der Waals surface area contributed by atoms with Crippen molar-refractivity contribution in [2.75, 3.05) is 5.75 Å². The van der Waals surface area contributed by atoms with Gasteiger partial charge in [0.05, 0.1) is 5.92 Å². The van der Waals surface area contributed by atoms with Gasteiger partial charge >= 0.3 is 5.97 Å². The number of benzene rings is 1. The van der Waals surface area contributed by atoms with Crippen LogP contribution >= 0.6 is 11.8 Å². The summed E-state index contributed by atoms with van der Waals surface area (Å²) in [5.74, 6) is 0.0125. The minimum atomic E-state index is -0.342. The van der Waals surface area contributed by atoms with Crippen LogP contribution in [0.15, 0.2) is 35.9 Å². The fourth-order valence-electron chi connectivity index (χ4n) is 3.13. The number of carbonyl (C=O) groups excluding carboxylic acids is 2. The van der Waals surface area contributed by atoms with Gasteiger partial charge in [0.2, 0.25) is 5.12 Å². The molecule has 3 nitrogen and oxygen atoms in total. The lowest BCUT2D eigenvalue weighted by Gasteiger charge is -2.06. The van der Waals surface area contributed by atoms with Crippen molar-refractivity contribution in [3.05, 3.63) is 47.3 Å². The molecule has 0 radical (unpaired) electrons. The van der Waals surface area contributed by atoms with E-state index in [0.717, 1.165) is 17.7 Å². The summed E-state index contributed by atoms with van der Waals surface area (Å²) in [6, 6.07) is 6.03. The van der Waals surface area contributed by atoms with Crippen LogP contribution in [-0.2, 0) is 20.9 Å². The third-order valence-electron chi connectivity index (χ3n) is 4.68.